The Labute approximate surface area is 92.0 Å². The number of amides is 1. The Balaban J connectivity index is 3.99. The average molecular weight is 235 g/mol. The molecule has 0 rings (SSSR count). The van der Waals surface area contributed by atoms with Gasteiger partial charge in [-0.1, -0.05) is 6.92 Å². The van der Waals surface area contributed by atoms with E-state index in [0.29, 0.717) is 6.54 Å². The number of ether oxygens (including phenoxy) is 1. The molecule has 0 aromatic carbocycles. The van der Waals surface area contributed by atoms with Crippen molar-refractivity contribution >= 4 is 22.7 Å². The van der Waals surface area contributed by atoms with Crippen LogP contribution in [0.1, 0.15) is 20.3 Å². The van der Waals surface area contributed by atoms with E-state index >= 15 is 0 Å². The lowest BCUT2D eigenvalue weighted by atomic mass is 10.3. The van der Waals surface area contributed by atoms with Gasteiger partial charge in [-0.05, 0) is 6.92 Å². The summed E-state index contributed by atoms with van der Waals surface area (Å²) >= 11 is 0. The maximum absolute atomic E-state index is 11.5. The van der Waals surface area contributed by atoms with E-state index < -0.39 is 16.8 Å². The van der Waals surface area contributed by atoms with Gasteiger partial charge in [0.2, 0.25) is 5.91 Å². The quantitative estimate of drug-likeness (QED) is 0.648. The first kappa shape index (κ1) is 14.1. The van der Waals surface area contributed by atoms with Crippen LogP contribution in [0.5, 0.6) is 0 Å². The zero-order chi connectivity index (χ0) is 11.8. The van der Waals surface area contributed by atoms with Crippen LogP contribution in [-0.2, 0) is 25.1 Å². The molecular formula is C9H17NO4S. The third kappa shape index (κ3) is 6.22. The van der Waals surface area contributed by atoms with Crippen molar-refractivity contribution < 1.29 is 18.5 Å². The molecule has 2 unspecified atom stereocenters. The molecule has 0 aliphatic rings. The van der Waals surface area contributed by atoms with Gasteiger partial charge in [0, 0.05) is 22.6 Å². The topological polar surface area (TPSA) is 72.5 Å². The summed E-state index contributed by atoms with van der Waals surface area (Å²) in [4.78, 5) is 22.0. The van der Waals surface area contributed by atoms with Gasteiger partial charge < -0.3 is 10.1 Å². The molecule has 1 amide bonds. The van der Waals surface area contributed by atoms with E-state index in [4.69, 9.17) is 0 Å². The van der Waals surface area contributed by atoms with Crippen molar-refractivity contribution in [2.45, 2.75) is 25.5 Å². The minimum atomic E-state index is -1.33. The van der Waals surface area contributed by atoms with Crippen molar-refractivity contribution in [3.63, 3.8) is 0 Å². The first-order valence-electron chi connectivity index (χ1n) is 4.72. The van der Waals surface area contributed by atoms with E-state index in [-0.39, 0.29) is 23.3 Å². The molecule has 0 fully saturated rings. The molecular weight excluding hydrogens is 218 g/mol. The Bertz CT molecular complexity index is 254. The molecule has 0 aliphatic carbocycles. The predicted molar refractivity (Wildman–Crippen MR) is 57.8 cm³/mol. The summed E-state index contributed by atoms with van der Waals surface area (Å²) in [5, 5.41) is 2.19. The van der Waals surface area contributed by atoms with Gasteiger partial charge in [-0.2, -0.15) is 0 Å². The zero-order valence-electron chi connectivity index (χ0n) is 9.24. The highest BCUT2D eigenvalue weighted by atomic mass is 32.2. The van der Waals surface area contributed by atoms with Gasteiger partial charge in [-0.3, -0.25) is 13.8 Å². The standard InChI is InChI=1S/C9H17NO4S/c1-4-10-8(11)6-15(13)7(2)5-9(12)14-3/h7H,4-6H2,1-3H3,(H,10,11). The van der Waals surface area contributed by atoms with Gasteiger partial charge in [0.15, 0.2) is 0 Å². The van der Waals surface area contributed by atoms with Crippen LogP contribution in [0.2, 0.25) is 0 Å². The second-order valence-corrected chi connectivity index (χ2v) is 4.92. The van der Waals surface area contributed by atoms with Crippen molar-refractivity contribution in [3.05, 3.63) is 0 Å². The minimum absolute atomic E-state index is 0.0635. The molecule has 0 spiro atoms. The number of carbonyl (C=O) groups excluding carboxylic acids is 2. The Morgan fingerprint density at radius 1 is 1.47 bits per heavy atom. The summed E-state index contributed by atoms with van der Waals surface area (Å²) in [5.41, 5.74) is 0. The number of carbonyl (C=O) groups is 2. The van der Waals surface area contributed by atoms with E-state index in [1.54, 1.807) is 13.8 Å². The summed E-state index contributed by atoms with van der Waals surface area (Å²) in [5.74, 6) is -0.731. The number of hydrogen-bond donors (Lipinski definition) is 1. The minimum Gasteiger partial charge on any atom is -0.469 e. The summed E-state index contributed by atoms with van der Waals surface area (Å²) in [7, 11) is -0.0519. The van der Waals surface area contributed by atoms with Crippen LogP contribution in [0.3, 0.4) is 0 Å². The Morgan fingerprint density at radius 3 is 2.53 bits per heavy atom. The van der Waals surface area contributed by atoms with E-state index in [9.17, 15) is 13.8 Å². The van der Waals surface area contributed by atoms with Crippen molar-refractivity contribution in [3.8, 4) is 0 Å². The van der Waals surface area contributed by atoms with Crippen molar-refractivity contribution in [2.75, 3.05) is 19.4 Å². The molecule has 15 heavy (non-hydrogen) atoms. The molecule has 0 heterocycles. The summed E-state index contributed by atoms with van der Waals surface area (Å²) in [6.45, 7) is 3.96. The lowest BCUT2D eigenvalue weighted by molar-refractivity contribution is -0.140. The lowest BCUT2D eigenvalue weighted by Crippen LogP contribution is -2.31. The van der Waals surface area contributed by atoms with Gasteiger partial charge in [0.25, 0.3) is 0 Å². The van der Waals surface area contributed by atoms with E-state index in [1.807, 2.05) is 0 Å². The fourth-order valence-corrected chi connectivity index (χ4v) is 1.90. The molecule has 0 aromatic rings. The monoisotopic (exact) mass is 235 g/mol. The number of rotatable bonds is 6. The van der Waals surface area contributed by atoms with Crippen LogP contribution in [0.25, 0.3) is 0 Å². The highest BCUT2D eigenvalue weighted by Crippen LogP contribution is 2.02. The smallest absolute Gasteiger partial charge is 0.306 e. The van der Waals surface area contributed by atoms with Crippen LogP contribution in [0.15, 0.2) is 0 Å². The number of methoxy groups -OCH3 is 1. The molecule has 0 radical (unpaired) electrons. The molecule has 0 bridgehead atoms. The second-order valence-electron chi connectivity index (χ2n) is 3.07. The van der Waals surface area contributed by atoms with E-state index in [2.05, 4.69) is 10.1 Å². The maximum atomic E-state index is 11.5. The Hall–Kier alpha value is -0.910. The molecule has 0 saturated heterocycles. The third-order valence-electron chi connectivity index (χ3n) is 1.78. The third-order valence-corrected chi connectivity index (χ3v) is 3.39. The fraction of sp³-hybridized carbons (Fsp3) is 0.778. The average Bonchev–Trinajstić information content (AvgIpc) is 2.17. The van der Waals surface area contributed by atoms with Crippen molar-refractivity contribution in [1.82, 2.24) is 5.32 Å². The largest absolute Gasteiger partial charge is 0.469 e. The molecule has 2 atom stereocenters. The fourth-order valence-electron chi connectivity index (χ4n) is 0.931. The molecule has 0 aromatic heterocycles. The lowest BCUT2D eigenvalue weighted by Gasteiger charge is -2.09. The van der Waals surface area contributed by atoms with E-state index in [1.165, 1.54) is 7.11 Å². The summed E-state index contributed by atoms with van der Waals surface area (Å²) in [6, 6.07) is 0. The number of hydrogen-bond acceptors (Lipinski definition) is 4. The Morgan fingerprint density at radius 2 is 2.07 bits per heavy atom. The van der Waals surface area contributed by atoms with Crippen molar-refractivity contribution in [2.24, 2.45) is 0 Å². The van der Waals surface area contributed by atoms with Crippen LogP contribution < -0.4 is 5.32 Å². The van der Waals surface area contributed by atoms with Crippen LogP contribution in [-0.4, -0.2) is 40.7 Å². The normalized spacial score (nSPS) is 14.1. The molecule has 0 aliphatic heterocycles. The molecule has 5 nitrogen and oxygen atoms in total. The first-order valence-corrected chi connectivity index (χ1v) is 6.10. The summed E-state index contributed by atoms with van der Waals surface area (Å²) in [6.07, 6.45) is 0.0719. The SMILES string of the molecule is CCNC(=O)CS(=O)C(C)CC(=O)OC. The van der Waals surface area contributed by atoms with Gasteiger partial charge in [-0.15, -0.1) is 0 Å². The van der Waals surface area contributed by atoms with E-state index in [0.717, 1.165) is 0 Å². The molecule has 1 N–H and O–H groups in total. The van der Waals surface area contributed by atoms with Crippen LogP contribution in [0, 0.1) is 0 Å². The van der Waals surface area contributed by atoms with Crippen LogP contribution in [0.4, 0.5) is 0 Å². The first-order chi connectivity index (χ1) is 7.01. The molecule has 6 heteroatoms. The zero-order valence-corrected chi connectivity index (χ0v) is 10.1. The van der Waals surface area contributed by atoms with Crippen LogP contribution >= 0.6 is 0 Å². The van der Waals surface area contributed by atoms with Gasteiger partial charge in [-0.25, -0.2) is 0 Å². The van der Waals surface area contributed by atoms with Crippen molar-refractivity contribution in [1.29, 1.82) is 0 Å². The molecule has 0 saturated carbocycles. The number of nitrogens with one attached hydrogen (secondary N) is 1. The highest BCUT2D eigenvalue weighted by molar-refractivity contribution is 7.86. The predicted octanol–water partition coefficient (Wildman–Crippen LogP) is -0.177. The molecule has 88 valence electrons. The Kier molecular flexibility index (Phi) is 6.94. The second kappa shape index (κ2) is 7.39. The maximum Gasteiger partial charge on any atom is 0.306 e. The summed E-state index contributed by atoms with van der Waals surface area (Å²) < 4.78 is 16.0. The van der Waals surface area contributed by atoms with Gasteiger partial charge >= 0.3 is 5.97 Å². The highest BCUT2D eigenvalue weighted by Gasteiger charge is 2.18. The van der Waals surface area contributed by atoms with Gasteiger partial charge in [0.1, 0.15) is 5.75 Å². The number of esters is 1. The van der Waals surface area contributed by atoms with Gasteiger partial charge in [0.05, 0.1) is 13.5 Å².